The third kappa shape index (κ3) is 3.72. The zero-order chi connectivity index (χ0) is 15.6. The van der Waals surface area contributed by atoms with Crippen molar-refractivity contribution >= 4 is 21.6 Å². The summed E-state index contributed by atoms with van der Waals surface area (Å²) >= 11 is 2.82. The number of alkyl halides is 3. The van der Waals surface area contributed by atoms with Crippen LogP contribution in [0.3, 0.4) is 0 Å². The molecule has 0 saturated heterocycles. The lowest BCUT2D eigenvalue weighted by Crippen LogP contribution is -2.09. The molecule has 21 heavy (non-hydrogen) atoms. The Morgan fingerprint density at radius 3 is 2.19 bits per heavy atom. The van der Waals surface area contributed by atoms with Crippen LogP contribution >= 0.6 is 15.9 Å². The van der Waals surface area contributed by atoms with Gasteiger partial charge >= 0.3 is 6.18 Å². The number of hydrogen-bond donors (Lipinski definition) is 1. The molecule has 0 aliphatic rings. The first-order chi connectivity index (χ1) is 9.79. The largest absolute Gasteiger partial charge is 0.417 e. The van der Waals surface area contributed by atoms with Gasteiger partial charge in [0.15, 0.2) is 0 Å². The summed E-state index contributed by atoms with van der Waals surface area (Å²) < 4.78 is 65.0. The van der Waals surface area contributed by atoms with E-state index in [1.807, 2.05) is 0 Å². The number of halogens is 6. The minimum Gasteiger partial charge on any atom is -0.381 e. The summed E-state index contributed by atoms with van der Waals surface area (Å²) in [5.41, 5.74) is -0.969. The zero-order valence-electron chi connectivity index (χ0n) is 10.4. The van der Waals surface area contributed by atoms with Crippen LogP contribution < -0.4 is 5.32 Å². The van der Waals surface area contributed by atoms with Crippen LogP contribution in [0, 0.1) is 11.6 Å². The molecule has 2 aromatic carbocycles. The summed E-state index contributed by atoms with van der Waals surface area (Å²) in [5.74, 6) is -1.51. The van der Waals surface area contributed by atoms with Gasteiger partial charge in [0, 0.05) is 22.3 Å². The molecule has 1 N–H and O–H groups in total. The molecular formula is C14H9BrF5N. The van der Waals surface area contributed by atoms with Gasteiger partial charge in [-0.1, -0.05) is 22.0 Å². The van der Waals surface area contributed by atoms with E-state index >= 15 is 0 Å². The molecule has 0 aliphatic carbocycles. The molecule has 1 nitrogen and oxygen atoms in total. The normalized spacial score (nSPS) is 11.5. The summed E-state index contributed by atoms with van der Waals surface area (Å²) in [6, 6.07) is 6.88. The predicted molar refractivity (Wildman–Crippen MR) is 72.8 cm³/mol. The predicted octanol–water partition coefficient (Wildman–Crippen LogP) is 5.36. The summed E-state index contributed by atoms with van der Waals surface area (Å²) in [6.07, 6.45) is -4.51. The summed E-state index contributed by atoms with van der Waals surface area (Å²) in [6.45, 7) is -0.253. The highest BCUT2D eigenvalue weighted by molar-refractivity contribution is 9.10. The fourth-order valence-electron chi connectivity index (χ4n) is 1.74. The van der Waals surface area contributed by atoms with Crippen LogP contribution in [0.2, 0.25) is 0 Å². The highest BCUT2D eigenvalue weighted by Gasteiger charge is 2.33. The summed E-state index contributed by atoms with van der Waals surface area (Å²) in [7, 11) is 0. The Morgan fingerprint density at radius 1 is 1.00 bits per heavy atom. The molecule has 0 spiro atoms. The molecule has 0 fully saturated rings. The van der Waals surface area contributed by atoms with E-state index in [2.05, 4.69) is 21.2 Å². The minimum atomic E-state index is -4.51. The van der Waals surface area contributed by atoms with Crippen molar-refractivity contribution in [2.75, 3.05) is 5.32 Å². The second-order valence-corrected chi connectivity index (χ2v) is 5.10. The lowest BCUT2D eigenvalue weighted by Gasteiger charge is -2.13. The van der Waals surface area contributed by atoms with Crippen molar-refractivity contribution in [3.63, 3.8) is 0 Å². The van der Waals surface area contributed by atoms with Crippen LogP contribution in [0.1, 0.15) is 11.1 Å². The molecule has 0 atom stereocenters. The maximum absolute atomic E-state index is 13.4. The van der Waals surface area contributed by atoms with Gasteiger partial charge < -0.3 is 5.32 Å². The Kier molecular flexibility index (Phi) is 4.51. The average molecular weight is 366 g/mol. The van der Waals surface area contributed by atoms with E-state index in [1.54, 1.807) is 0 Å². The van der Waals surface area contributed by atoms with Gasteiger partial charge in [-0.3, -0.25) is 0 Å². The molecule has 0 bridgehead atoms. The standard InChI is InChI=1S/C14H9BrF5N/c15-11-5-4-8(6-10(11)14(18,19)20)21-7-9-12(16)2-1-3-13(9)17/h1-6,21H,7H2. The topological polar surface area (TPSA) is 12.0 Å². The Balaban J connectivity index is 2.22. The first-order valence-corrected chi connectivity index (χ1v) is 6.62. The maximum Gasteiger partial charge on any atom is 0.417 e. The van der Waals surface area contributed by atoms with Crippen molar-refractivity contribution in [1.82, 2.24) is 0 Å². The fourth-order valence-corrected chi connectivity index (χ4v) is 2.22. The van der Waals surface area contributed by atoms with E-state index in [-0.39, 0.29) is 22.3 Å². The molecule has 2 aromatic rings. The van der Waals surface area contributed by atoms with Gasteiger partial charge in [0.25, 0.3) is 0 Å². The Morgan fingerprint density at radius 2 is 1.62 bits per heavy atom. The average Bonchev–Trinajstić information content (AvgIpc) is 2.38. The molecule has 0 amide bonds. The van der Waals surface area contributed by atoms with E-state index < -0.39 is 23.4 Å². The van der Waals surface area contributed by atoms with Gasteiger partial charge in [0.2, 0.25) is 0 Å². The molecule has 0 aromatic heterocycles. The Bertz CT molecular complexity index is 634. The van der Waals surface area contributed by atoms with E-state index in [0.717, 1.165) is 18.2 Å². The highest BCUT2D eigenvalue weighted by Crippen LogP contribution is 2.36. The van der Waals surface area contributed by atoms with Crippen LogP contribution in [0.25, 0.3) is 0 Å². The van der Waals surface area contributed by atoms with Crippen molar-refractivity contribution in [1.29, 1.82) is 0 Å². The first kappa shape index (κ1) is 15.8. The van der Waals surface area contributed by atoms with Gasteiger partial charge in [0.05, 0.1) is 5.56 Å². The van der Waals surface area contributed by atoms with E-state index in [1.165, 1.54) is 18.2 Å². The molecule has 112 valence electrons. The third-order valence-corrected chi connectivity index (χ3v) is 3.49. The smallest absolute Gasteiger partial charge is 0.381 e. The van der Waals surface area contributed by atoms with Crippen LogP contribution in [-0.2, 0) is 12.7 Å². The van der Waals surface area contributed by atoms with Gasteiger partial charge in [-0.25, -0.2) is 8.78 Å². The molecule has 0 unspecified atom stereocenters. The Labute approximate surface area is 125 Å². The first-order valence-electron chi connectivity index (χ1n) is 5.82. The number of benzene rings is 2. The molecule has 0 aliphatic heterocycles. The van der Waals surface area contributed by atoms with Gasteiger partial charge in [-0.05, 0) is 30.3 Å². The lowest BCUT2D eigenvalue weighted by atomic mass is 10.1. The zero-order valence-corrected chi connectivity index (χ0v) is 12.0. The van der Waals surface area contributed by atoms with E-state index in [4.69, 9.17) is 0 Å². The van der Waals surface area contributed by atoms with Crippen LogP contribution in [-0.4, -0.2) is 0 Å². The monoisotopic (exact) mass is 365 g/mol. The summed E-state index contributed by atoms with van der Waals surface area (Å²) in [5, 5.41) is 2.58. The van der Waals surface area contributed by atoms with E-state index in [9.17, 15) is 22.0 Å². The molecular weight excluding hydrogens is 357 g/mol. The lowest BCUT2D eigenvalue weighted by molar-refractivity contribution is -0.138. The number of rotatable bonds is 3. The van der Waals surface area contributed by atoms with Gasteiger partial charge in [0.1, 0.15) is 11.6 Å². The van der Waals surface area contributed by atoms with Crippen molar-refractivity contribution in [2.24, 2.45) is 0 Å². The van der Waals surface area contributed by atoms with Crippen molar-refractivity contribution in [3.05, 3.63) is 63.6 Å². The molecule has 0 radical (unpaired) electrons. The molecule has 7 heteroatoms. The third-order valence-electron chi connectivity index (χ3n) is 2.80. The van der Waals surface area contributed by atoms with Gasteiger partial charge in [-0.2, -0.15) is 13.2 Å². The maximum atomic E-state index is 13.4. The Hall–Kier alpha value is -1.63. The molecule has 0 saturated carbocycles. The van der Waals surface area contributed by atoms with Crippen LogP contribution in [0.15, 0.2) is 40.9 Å². The number of nitrogens with one attached hydrogen (secondary N) is 1. The molecule has 2 rings (SSSR count). The quantitative estimate of drug-likeness (QED) is 0.722. The number of hydrogen-bond acceptors (Lipinski definition) is 1. The second kappa shape index (κ2) is 6.01. The SMILES string of the molecule is Fc1cccc(F)c1CNc1ccc(Br)c(C(F)(F)F)c1. The van der Waals surface area contributed by atoms with Crippen molar-refractivity contribution < 1.29 is 22.0 Å². The van der Waals surface area contributed by atoms with Crippen LogP contribution in [0.4, 0.5) is 27.6 Å². The number of anilines is 1. The summed E-state index contributed by atoms with van der Waals surface area (Å²) in [4.78, 5) is 0. The van der Waals surface area contributed by atoms with Gasteiger partial charge in [-0.15, -0.1) is 0 Å². The molecule has 0 heterocycles. The minimum absolute atomic E-state index is 0.0994. The highest BCUT2D eigenvalue weighted by atomic mass is 79.9. The van der Waals surface area contributed by atoms with Crippen molar-refractivity contribution in [3.8, 4) is 0 Å². The fraction of sp³-hybridized carbons (Fsp3) is 0.143. The van der Waals surface area contributed by atoms with Crippen LogP contribution in [0.5, 0.6) is 0 Å². The van der Waals surface area contributed by atoms with Crippen molar-refractivity contribution in [2.45, 2.75) is 12.7 Å². The van der Waals surface area contributed by atoms with E-state index in [0.29, 0.717) is 0 Å². The second-order valence-electron chi connectivity index (χ2n) is 4.25.